The fourth-order valence-corrected chi connectivity index (χ4v) is 5.90. The van der Waals surface area contributed by atoms with Gasteiger partial charge >= 0.3 is 0 Å². The number of carbonyl (C=O) groups is 2. The van der Waals surface area contributed by atoms with Crippen molar-refractivity contribution in [3.05, 3.63) is 82.9 Å². The van der Waals surface area contributed by atoms with Gasteiger partial charge in [0.25, 0.3) is 11.8 Å². The zero-order valence-electron chi connectivity index (χ0n) is 23.0. The third-order valence-electron chi connectivity index (χ3n) is 8.51. The zero-order chi connectivity index (χ0) is 27.7. The van der Waals surface area contributed by atoms with Crippen LogP contribution in [0.3, 0.4) is 0 Å². The molecule has 0 spiro atoms. The van der Waals surface area contributed by atoms with Crippen LogP contribution in [0.2, 0.25) is 0 Å². The predicted molar refractivity (Wildman–Crippen MR) is 149 cm³/mol. The number of methoxy groups -OCH3 is 2. The van der Waals surface area contributed by atoms with Crippen molar-refractivity contribution >= 4 is 11.8 Å². The molecule has 3 aromatic rings. The van der Waals surface area contributed by atoms with Gasteiger partial charge in [-0.25, -0.2) is 0 Å². The van der Waals surface area contributed by atoms with Gasteiger partial charge in [-0.15, -0.1) is 0 Å². The summed E-state index contributed by atoms with van der Waals surface area (Å²) in [6.45, 7) is 4.12. The number of piperidine rings is 3. The molecule has 2 amide bonds. The van der Waals surface area contributed by atoms with Crippen molar-refractivity contribution in [3.63, 3.8) is 0 Å². The number of ether oxygens (including phenoxy) is 4. The lowest BCUT2D eigenvalue weighted by molar-refractivity contribution is 0.00365. The molecule has 4 aliphatic rings. The van der Waals surface area contributed by atoms with Crippen molar-refractivity contribution in [3.8, 4) is 23.0 Å². The molecule has 208 valence electrons. The smallest absolute Gasteiger partial charge is 0.261 e. The van der Waals surface area contributed by atoms with E-state index in [1.165, 1.54) is 4.90 Å². The van der Waals surface area contributed by atoms with E-state index in [-0.39, 0.29) is 30.4 Å². The number of hydrogen-bond acceptors (Lipinski definition) is 7. The first kappa shape index (κ1) is 26.2. The summed E-state index contributed by atoms with van der Waals surface area (Å²) in [7, 11) is 3.25. The molecule has 0 atom stereocenters. The van der Waals surface area contributed by atoms with Gasteiger partial charge in [-0.1, -0.05) is 24.3 Å². The van der Waals surface area contributed by atoms with Crippen LogP contribution < -0.4 is 18.9 Å². The number of hydrogen-bond donors (Lipinski definition) is 0. The van der Waals surface area contributed by atoms with Crippen molar-refractivity contribution in [2.45, 2.75) is 32.5 Å². The van der Waals surface area contributed by atoms with Crippen LogP contribution in [0, 0.1) is 5.41 Å². The highest BCUT2D eigenvalue weighted by atomic mass is 16.5. The largest absolute Gasteiger partial charge is 0.497 e. The number of carbonyl (C=O) groups excluding carboxylic acids is 2. The van der Waals surface area contributed by atoms with Gasteiger partial charge < -0.3 is 23.8 Å². The van der Waals surface area contributed by atoms with Gasteiger partial charge in [0.1, 0.15) is 24.7 Å². The summed E-state index contributed by atoms with van der Waals surface area (Å²) in [6, 6.07) is 18.5. The molecule has 8 heteroatoms. The fourth-order valence-electron chi connectivity index (χ4n) is 5.90. The summed E-state index contributed by atoms with van der Waals surface area (Å²) in [5, 5.41) is 0. The molecule has 0 saturated carbocycles. The molecular weight excluding hydrogens is 508 g/mol. The monoisotopic (exact) mass is 542 g/mol. The first-order chi connectivity index (χ1) is 19.5. The molecule has 0 aliphatic carbocycles. The Kier molecular flexibility index (Phi) is 7.11. The molecular formula is C32H34N2O6. The third-order valence-corrected chi connectivity index (χ3v) is 8.51. The molecule has 2 bridgehead atoms. The van der Waals surface area contributed by atoms with Crippen LogP contribution in [-0.4, -0.2) is 62.0 Å². The summed E-state index contributed by atoms with van der Waals surface area (Å²) in [5.74, 6) is 1.87. The minimum absolute atomic E-state index is 0.0174. The van der Waals surface area contributed by atoms with E-state index in [1.807, 2.05) is 48.5 Å². The van der Waals surface area contributed by atoms with Crippen LogP contribution in [0.25, 0.3) is 0 Å². The Hall–Kier alpha value is -4.04. The van der Waals surface area contributed by atoms with Crippen LogP contribution in [0.1, 0.15) is 51.1 Å². The Balaban J connectivity index is 1.26. The van der Waals surface area contributed by atoms with Crippen molar-refractivity contribution in [1.29, 1.82) is 0 Å². The zero-order valence-corrected chi connectivity index (χ0v) is 23.0. The van der Waals surface area contributed by atoms with E-state index < -0.39 is 0 Å². The maximum atomic E-state index is 13.6. The van der Waals surface area contributed by atoms with E-state index in [4.69, 9.17) is 18.9 Å². The van der Waals surface area contributed by atoms with E-state index in [0.717, 1.165) is 61.5 Å². The maximum absolute atomic E-state index is 13.6. The highest BCUT2D eigenvalue weighted by Gasteiger charge is 2.46. The van der Waals surface area contributed by atoms with E-state index in [0.29, 0.717) is 29.2 Å². The van der Waals surface area contributed by atoms with Gasteiger partial charge in [-0.05, 0) is 91.8 Å². The number of nitrogens with zero attached hydrogens (tertiary/aromatic N) is 2. The highest BCUT2D eigenvalue weighted by Crippen LogP contribution is 2.43. The molecule has 0 unspecified atom stereocenters. The molecule has 0 N–H and O–H groups in total. The van der Waals surface area contributed by atoms with Gasteiger partial charge in [0.15, 0.2) is 11.5 Å². The quantitative estimate of drug-likeness (QED) is 0.336. The summed E-state index contributed by atoms with van der Waals surface area (Å²) in [5.41, 5.74) is 2.64. The predicted octanol–water partition coefficient (Wildman–Crippen LogP) is 4.94. The highest BCUT2D eigenvalue weighted by molar-refractivity contribution is 6.21. The minimum Gasteiger partial charge on any atom is -0.497 e. The second-order valence-corrected chi connectivity index (χ2v) is 10.9. The van der Waals surface area contributed by atoms with E-state index in [9.17, 15) is 9.59 Å². The molecule has 8 nitrogen and oxygen atoms in total. The van der Waals surface area contributed by atoms with Crippen molar-refractivity contribution in [2.24, 2.45) is 5.41 Å². The second-order valence-electron chi connectivity index (χ2n) is 10.9. The average molecular weight is 543 g/mol. The van der Waals surface area contributed by atoms with Crippen molar-refractivity contribution in [2.75, 3.05) is 40.4 Å². The molecule has 3 aromatic carbocycles. The summed E-state index contributed by atoms with van der Waals surface area (Å²) < 4.78 is 22.9. The molecule has 7 rings (SSSR count). The third kappa shape index (κ3) is 5.11. The lowest BCUT2D eigenvalue weighted by Crippen LogP contribution is -2.53. The van der Waals surface area contributed by atoms with E-state index in [1.54, 1.807) is 26.4 Å². The van der Waals surface area contributed by atoms with Gasteiger partial charge in [0, 0.05) is 6.54 Å². The molecule has 3 fully saturated rings. The second kappa shape index (κ2) is 10.8. The molecule has 4 heterocycles. The van der Waals surface area contributed by atoms with Crippen LogP contribution in [-0.2, 0) is 13.2 Å². The lowest BCUT2D eigenvalue weighted by Gasteiger charge is -2.49. The van der Waals surface area contributed by atoms with Crippen LogP contribution in [0.5, 0.6) is 23.0 Å². The van der Waals surface area contributed by atoms with Crippen LogP contribution in [0.4, 0.5) is 0 Å². The first-order valence-corrected chi connectivity index (χ1v) is 13.7. The number of benzene rings is 3. The Morgan fingerprint density at radius 1 is 0.675 bits per heavy atom. The summed E-state index contributed by atoms with van der Waals surface area (Å²) in [6.07, 6.45) is 3.06. The Morgan fingerprint density at radius 2 is 1.10 bits per heavy atom. The van der Waals surface area contributed by atoms with Gasteiger partial charge in [0.05, 0.1) is 25.3 Å². The maximum Gasteiger partial charge on any atom is 0.261 e. The average Bonchev–Trinajstić information content (AvgIpc) is 3.23. The van der Waals surface area contributed by atoms with Crippen LogP contribution in [0.15, 0.2) is 60.7 Å². The van der Waals surface area contributed by atoms with Gasteiger partial charge in [-0.2, -0.15) is 0 Å². The van der Waals surface area contributed by atoms with Gasteiger partial charge in [0.2, 0.25) is 0 Å². The molecule has 40 heavy (non-hydrogen) atoms. The van der Waals surface area contributed by atoms with E-state index in [2.05, 4.69) is 4.90 Å². The minimum atomic E-state index is -0.252. The fraction of sp³-hybridized carbons (Fsp3) is 0.375. The Bertz CT molecular complexity index is 1290. The normalized spacial score (nSPS) is 21.4. The number of fused-ring (bicyclic) bond motifs is 4. The first-order valence-electron chi connectivity index (χ1n) is 13.7. The number of amides is 2. The molecule has 0 radical (unpaired) electrons. The number of imide groups is 1. The van der Waals surface area contributed by atoms with E-state index >= 15 is 0 Å². The number of rotatable bonds is 10. The standard InChI is InChI=1S/C32H34N2O6/c1-37-24-7-3-22(4-8-24)19-39-28-17-26-27(18-29(28)40-20-23-5-9-25(38-2)10-6-23)31(36)34(30(26)35)21-32-11-14-33(15-12-32)16-13-32/h3-10,17-18H,11-16,19-21H2,1-2H3. The van der Waals surface area contributed by atoms with Gasteiger partial charge in [-0.3, -0.25) is 14.5 Å². The van der Waals surface area contributed by atoms with Crippen molar-refractivity contribution in [1.82, 2.24) is 9.80 Å². The summed E-state index contributed by atoms with van der Waals surface area (Å²) in [4.78, 5) is 31.1. The molecule has 3 saturated heterocycles. The van der Waals surface area contributed by atoms with Crippen LogP contribution >= 0.6 is 0 Å². The Morgan fingerprint density at radius 3 is 1.50 bits per heavy atom. The Labute approximate surface area is 234 Å². The molecule has 0 aromatic heterocycles. The molecule has 4 aliphatic heterocycles. The lowest BCUT2D eigenvalue weighted by atomic mass is 9.71. The summed E-state index contributed by atoms with van der Waals surface area (Å²) >= 11 is 0. The SMILES string of the molecule is COc1ccc(COc2cc3c(cc2OCc2ccc(OC)cc2)C(=O)N(CC24CCN(CC2)CC4)C3=O)cc1. The topological polar surface area (TPSA) is 77.5 Å². The van der Waals surface area contributed by atoms with Crippen molar-refractivity contribution < 1.29 is 28.5 Å².